The van der Waals surface area contributed by atoms with Gasteiger partial charge in [0, 0.05) is 25.0 Å². The summed E-state index contributed by atoms with van der Waals surface area (Å²) in [5, 5.41) is 13.1. The van der Waals surface area contributed by atoms with E-state index in [0.717, 1.165) is 0 Å². The second-order valence-electron chi connectivity index (χ2n) is 9.21. The summed E-state index contributed by atoms with van der Waals surface area (Å²) < 4.78 is 41.6. The molecule has 3 N–H and O–H groups in total. The number of rotatable bonds is 9. The van der Waals surface area contributed by atoms with Gasteiger partial charge in [-0.05, 0) is 36.2 Å². The Balaban J connectivity index is 1.76. The van der Waals surface area contributed by atoms with Crippen LogP contribution in [0.4, 0.5) is 4.39 Å². The van der Waals surface area contributed by atoms with E-state index in [9.17, 15) is 27.5 Å². The van der Waals surface area contributed by atoms with Gasteiger partial charge in [-0.25, -0.2) is 22.5 Å². The highest BCUT2D eigenvalue weighted by atomic mass is 32.2. The predicted molar refractivity (Wildman–Crippen MR) is 133 cm³/mol. The molecule has 0 saturated heterocycles. The topological polar surface area (TPSA) is 130 Å². The Morgan fingerprint density at radius 3 is 2.33 bits per heavy atom. The van der Waals surface area contributed by atoms with E-state index in [0.29, 0.717) is 5.56 Å². The number of nitrogens with one attached hydrogen (secondary N) is 2. The average Bonchev–Trinajstić information content (AvgIpc) is 2.83. The molecule has 0 radical (unpaired) electrons. The Morgan fingerprint density at radius 1 is 1.08 bits per heavy atom. The average molecular weight is 517 g/mol. The highest BCUT2D eigenvalue weighted by Gasteiger charge is 2.27. The number of carbonyl (C=O) groups excluding carboxylic acids is 1. The van der Waals surface area contributed by atoms with Gasteiger partial charge in [0.25, 0.3) is 11.5 Å². The van der Waals surface area contributed by atoms with Crippen LogP contribution < -0.4 is 15.6 Å². The van der Waals surface area contributed by atoms with Crippen LogP contribution in [0.3, 0.4) is 0 Å². The number of halogens is 1. The smallest absolute Gasteiger partial charge is 0.296 e. The van der Waals surface area contributed by atoms with Gasteiger partial charge in [0.05, 0.1) is 4.90 Å². The molecule has 9 nitrogen and oxygen atoms in total. The summed E-state index contributed by atoms with van der Waals surface area (Å²) in [6.07, 6.45) is 0.242. The molecule has 0 aliphatic heterocycles. The zero-order valence-corrected chi connectivity index (χ0v) is 21.1. The van der Waals surface area contributed by atoms with Crippen LogP contribution in [0.1, 0.15) is 49.1 Å². The molecule has 0 atom stereocenters. The molecule has 1 aromatic heterocycles. The standard InChI is InChI=1S/C25H29FN4O5S/c1-25(2,3)24-29-20(22(32)27-16-17-10-12-18(26)13-11-17)21(31)23(33)30(24)15-7-14-28-36(34,35)19-8-5-4-6-9-19/h4-6,8-13,28,31H,7,14-16H2,1-3H3,(H,27,32). The van der Waals surface area contributed by atoms with Gasteiger partial charge in [0.15, 0.2) is 5.69 Å². The van der Waals surface area contributed by atoms with Gasteiger partial charge in [0.1, 0.15) is 11.6 Å². The van der Waals surface area contributed by atoms with Crippen LogP contribution in [-0.2, 0) is 28.5 Å². The molecule has 0 saturated carbocycles. The normalized spacial score (nSPS) is 11.9. The van der Waals surface area contributed by atoms with Crippen LogP contribution in [0.15, 0.2) is 64.3 Å². The predicted octanol–water partition coefficient (Wildman–Crippen LogP) is 2.68. The van der Waals surface area contributed by atoms with E-state index in [2.05, 4.69) is 15.0 Å². The molecule has 1 amide bonds. The minimum atomic E-state index is -3.70. The van der Waals surface area contributed by atoms with Crippen molar-refractivity contribution >= 4 is 15.9 Å². The molecule has 0 bridgehead atoms. The van der Waals surface area contributed by atoms with Crippen LogP contribution >= 0.6 is 0 Å². The number of aromatic nitrogens is 2. The van der Waals surface area contributed by atoms with E-state index in [1.54, 1.807) is 39.0 Å². The summed E-state index contributed by atoms with van der Waals surface area (Å²) in [4.78, 5) is 30.2. The Bertz CT molecular complexity index is 1380. The van der Waals surface area contributed by atoms with Gasteiger partial charge in [-0.1, -0.05) is 51.1 Å². The minimum absolute atomic E-state index is 0.0495. The lowest BCUT2D eigenvalue weighted by Gasteiger charge is -2.24. The molecule has 11 heteroatoms. The molecule has 3 rings (SSSR count). The minimum Gasteiger partial charge on any atom is -0.501 e. The summed E-state index contributed by atoms with van der Waals surface area (Å²) in [6.45, 7) is 5.59. The molecule has 0 fully saturated rings. The molecule has 0 unspecified atom stereocenters. The molecule has 36 heavy (non-hydrogen) atoms. The van der Waals surface area contributed by atoms with Crippen LogP contribution in [0.5, 0.6) is 5.75 Å². The van der Waals surface area contributed by atoms with Crippen molar-refractivity contribution in [1.82, 2.24) is 19.6 Å². The van der Waals surface area contributed by atoms with E-state index in [-0.39, 0.29) is 36.8 Å². The van der Waals surface area contributed by atoms with Crippen molar-refractivity contribution in [3.8, 4) is 5.75 Å². The SMILES string of the molecule is CC(C)(C)c1nc(C(=O)NCc2ccc(F)cc2)c(O)c(=O)n1CCCNS(=O)(=O)c1ccccc1. The molecule has 0 aliphatic carbocycles. The van der Waals surface area contributed by atoms with Crippen molar-refractivity contribution in [2.45, 2.75) is 50.6 Å². The number of aromatic hydroxyl groups is 1. The van der Waals surface area contributed by atoms with Crippen molar-refractivity contribution in [2.75, 3.05) is 6.54 Å². The van der Waals surface area contributed by atoms with E-state index >= 15 is 0 Å². The fraction of sp³-hybridized carbons (Fsp3) is 0.320. The van der Waals surface area contributed by atoms with Crippen molar-refractivity contribution in [3.63, 3.8) is 0 Å². The summed E-state index contributed by atoms with van der Waals surface area (Å²) in [6, 6.07) is 13.4. The zero-order valence-electron chi connectivity index (χ0n) is 20.3. The molecule has 3 aromatic rings. The van der Waals surface area contributed by atoms with Crippen LogP contribution in [0.25, 0.3) is 0 Å². The third kappa shape index (κ3) is 6.55. The molecular formula is C25H29FN4O5S. The Kier molecular flexibility index (Phi) is 8.26. The maximum Gasteiger partial charge on any atom is 0.296 e. The first-order valence-electron chi connectivity index (χ1n) is 11.3. The second kappa shape index (κ2) is 11.0. The molecule has 192 valence electrons. The second-order valence-corrected chi connectivity index (χ2v) is 11.0. The number of hydrogen-bond acceptors (Lipinski definition) is 6. The highest BCUT2D eigenvalue weighted by Crippen LogP contribution is 2.22. The van der Waals surface area contributed by atoms with Gasteiger partial charge in [-0.15, -0.1) is 0 Å². The summed E-state index contributed by atoms with van der Waals surface area (Å²) in [5.74, 6) is -1.69. The summed E-state index contributed by atoms with van der Waals surface area (Å²) in [7, 11) is -3.70. The van der Waals surface area contributed by atoms with E-state index in [1.807, 2.05) is 0 Å². The van der Waals surface area contributed by atoms with Crippen LogP contribution in [0, 0.1) is 5.82 Å². The Morgan fingerprint density at radius 2 is 1.72 bits per heavy atom. The maximum atomic E-state index is 13.1. The fourth-order valence-corrected chi connectivity index (χ4v) is 4.57. The maximum absolute atomic E-state index is 13.1. The van der Waals surface area contributed by atoms with Crippen molar-refractivity contribution in [3.05, 3.63) is 87.9 Å². The van der Waals surface area contributed by atoms with Gasteiger partial charge in [-0.2, -0.15) is 0 Å². The summed E-state index contributed by atoms with van der Waals surface area (Å²) in [5.41, 5.74) is -1.24. The van der Waals surface area contributed by atoms with Crippen molar-refractivity contribution in [2.24, 2.45) is 0 Å². The quantitative estimate of drug-likeness (QED) is 0.375. The van der Waals surface area contributed by atoms with E-state index < -0.39 is 44.2 Å². The first-order valence-corrected chi connectivity index (χ1v) is 12.8. The molecule has 0 spiro atoms. The number of carbonyl (C=O) groups is 1. The van der Waals surface area contributed by atoms with Gasteiger partial charge < -0.3 is 10.4 Å². The van der Waals surface area contributed by atoms with Gasteiger partial charge in [-0.3, -0.25) is 14.2 Å². The lowest BCUT2D eigenvalue weighted by Crippen LogP contribution is -2.36. The number of amides is 1. The molecular weight excluding hydrogens is 487 g/mol. The lowest BCUT2D eigenvalue weighted by molar-refractivity contribution is 0.0941. The third-order valence-corrected chi connectivity index (χ3v) is 6.78. The fourth-order valence-electron chi connectivity index (χ4n) is 3.48. The monoisotopic (exact) mass is 516 g/mol. The third-order valence-electron chi connectivity index (χ3n) is 5.30. The van der Waals surface area contributed by atoms with Crippen molar-refractivity contribution < 1.29 is 22.7 Å². The lowest BCUT2D eigenvalue weighted by atomic mass is 9.95. The number of nitrogens with zero attached hydrogens (tertiary/aromatic N) is 2. The molecule has 0 aliphatic rings. The highest BCUT2D eigenvalue weighted by molar-refractivity contribution is 7.89. The van der Waals surface area contributed by atoms with Gasteiger partial charge >= 0.3 is 0 Å². The van der Waals surface area contributed by atoms with E-state index in [4.69, 9.17) is 0 Å². The zero-order chi connectivity index (χ0) is 26.5. The first kappa shape index (κ1) is 27.0. The number of sulfonamides is 1. The van der Waals surface area contributed by atoms with Gasteiger partial charge in [0.2, 0.25) is 15.8 Å². The van der Waals surface area contributed by atoms with Crippen LogP contribution in [-0.4, -0.2) is 35.5 Å². The Labute approximate surface area is 209 Å². The van der Waals surface area contributed by atoms with E-state index in [1.165, 1.54) is 41.0 Å². The number of benzene rings is 2. The molecule has 1 heterocycles. The van der Waals surface area contributed by atoms with Crippen LogP contribution in [0.2, 0.25) is 0 Å². The largest absolute Gasteiger partial charge is 0.501 e. The number of hydrogen-bond donors (Lipinski definition) is 3. The Hall–Kier alpha value is -3.57. The summed E-state index contributed by atoms with van der Waals surface area (Å²) >= 11 is 0. The van der Waals surface area contributed by atoms with Crippen molar-refractivity contribution in [1.29, 1.82) is 0 Å². The molecule has 2 aromatic carbocycles. The first-order chi connectivity index (χ1) is 16.9.